The predicted octanol–water partition coefficient (Wildman–Crippen LogP) is 3.80. The van der Waals surface area contributed by atoms with Crippen molar-refractivity contribution in [3.8, 4) is 0 Å². The molecule has 0 spiro atoms. The van der Waals surface area contributed by atoms with E-state index in [0.717, 1.165) is 28.9 Å². The summed E-state index contributed by atoms with van der Waals surface area (Å²) < 4.78 is 0. The number of allylic oxidation sites excluding steroid dienone is 1. The quantitative estimate of drug-likeness (QED) is 0.604. The summed E-state index contributed by atoms with van der Waals surface area (Å²) >= 11 is 1.68. The summed E-state index contributed by atoms with van der Waals surface area (Å²) in [6, 6.07) is 8.01. The predicted molar refractivity (Wildman–Crippen MR) is 67.2 cm³/mol. The van der Waals surface area contributed by atoms with Crippen LogP contribution in [0.4, 0.5) is 0 Å². The molecule has 82 valence electrons. The van der Waals surface area contributed by atoms with Crippen LogP contribution >= 0.6 is 11.8 Å². The summed E-state index contributed by atoms with van der Waals surface area (Å²) in [6.45, 7) is 5.84. The molecule has 0 aliphatic rings. The lowest BCUT2D eigenvalue weighted by atomic mass is 10.0. The van der Waals surface area contributed by atoms with Crippen LogP contribution in [0.5, 0.6) is 0 Å². The fourth-order valence-electron chi connectivity index (χ4n) is 1.48. The molecular formula is C13H18OS. The average Bonchev–Trinajstić information content (AvgIpc) is 2.25. The molecule has 0 saturated carbocycles. The Morgan fingerprint density at radius 3 is 2.73 bits per heavy atom. The molecule has 0 amide bonds. The molecule has 0 aromatic heterocycles. The second-order valence-corrected chi connectivity index (χ2v) is 4.60. The first-order valence-corrected chi connectivity index (χ1v) is 6.33. The van der Waals surface area contributed by atoms with Crippen LogP contribution < -0.4 is 0 Å². The van der Waals surface area contributed by atoms with E-state index >= 15 is 0 Å². The fourth-order valence-corrected chi connectivity index (χ4v) is 2.13. The third kappa shape index (κ3) is 3.73. The van der Waals surface area contributed by atoms with Gasteiger partial charge in [-0.25, -0.2) is 0 Å². The van der Waals surface area contributed by atoms with E-state index < -0.39 is 0 Å². The topological polar surface area (TPSA) is 20.2 Å². The molecule has 0 aliphatic heterocycles. The van der Waals surface area contributed by atoms with Crippen LogP contribution in [0, 0.1) is 0 Å². The zero-order valence-electron chi connectivity index (χ0n) is 9.36. The number of thioether (sulfide) groups is 1. The minimum Gasteiger partial charge on any atom is -0.388 e. The van der Waals surface area contributed by atoms with Crippen molar-refractivity contribution in [2.45, 2.75) is 30.8 Å². The van der Waals surface area contributed by atoms with Gasteiger partial charge < -0.3 is 5.11 Å². The van der Waals surface area contributed by atoms with Gasteiger partial charge in [0.05, 0.1) is 6.10 Å². The maximum absolute atomic E-state index is 10.0. The highest BCUT2D eigenvalue weighted by atomic mass is 32.2. The lowest BCUT2D eigenvalue weighted by molar-refractivity contribution is 0.165. The molecule has 2 heteroatoms. The molecule has 1 unspecified atom stereocenters. The fraction of sp³-hybridized carbons (Fsp3) is 0.385. The SMILES string of the molecule is C=C(C)CCC(O)c1ccccc1SC. The molecular weight excluding hydrogens is 204 g/mol. The van der Waals surface area contributed by atoms with Crippen molar-refractivity contribution >= 4 is 11.8 Å². The second kappa shape index (κ2) is 5.99. The standard InChI is InChI=1S/C13H18OS/c1-10(2)8-9-12(14)11-6-4-5-7-13(11)15-3/h4-7,12,14H,1,8-9H2,2-3H3. The van der Waals surface area contributed by atoms with E-state index in [9.17, 15) is 5.11 Å². The maximum atomic E-state index is 10.0. The van der Waals surface area contributed by atoms with E-state index in [-0.39, 0.29) is 6.10 Å². The van der Waals surface area contributed by atoms with Gasteiger partial charge in [-0.2, -0.15) is 0 Å². The van der Waals surface area contributed by atoms with Crippen LogP contribution in [-0.2, 0) is 0 Å². The lowest BCUT2D eigenvalue weighted by Gasteiger charge is -2.14. The van der Waals surface area contributed by atoms with Gasteiger partial charge in [-0.1, -0.05) is 23.8 Å². The number of hydrogen-bond donors (Lipinski definition) is 1. The molecule has 1 N–H and O–H groups in total. The van der Waals surface area contributed by atoms with Gasteiger partial charge in [0.25, 0.3) is 0 Å². The van der Waals surface area contributed by atoms with Crippen LogP contribution in [0.2, 0.25) is 0 Å². The largest absolute Gasteiger partial charge is 0.388 e. The molecule has 0 fully saturated rings. The Balaban J connectivity index is 2.72. The summed E-state index contributed by atoms with van der Waals surface area (Å²) in [6.07, 6.45) is 3.30. The second-order valence-electron chi connectivity index (χ2n) is 3.75. The van der Waals surface area contributed by atoms with E-state index in [4.69, 9.17) is 0 Å². The number of rotatable bonds is 5. The van der Waals surface area contributed by atoms with Gasteiger partial charge in [-0.05, 0) is 37.7 Å². The van der Waals surface area contributed by atoms with Crippen molar-refractivity contribution < 1.29 is 5.11 Å². The molecule has 0 aliphatic carbocycles. The first-order valence-electron chi connectivity index (χ1n) is 5.10. The smallest absolute Gasteiger partial charge is 0.0803 e. The zero-order chi connectivity index (χ0) is 11.3. The Hall–Kier alpha value is -0.730. The molecule has 15 heavy (non-hydrogen) atoms. The Morgan fingerprint density at radius 2 is 2.13 bits per heavy atom. The van der Waals surface area contributed by atoms with E-state index in [1.807, 2.05) is 37.4 Å². The van der Waals surface area contributed by atoms with Crippen LogP contribution in [0.25, 0.3) is 0 Å². The highest BCUT2D eigenvalue weighted by molar-refractivity contribution is 7.98. The van der Waals surface area contributed by atoms with Gasteiger partial charge >= 0.3 is 0 Å². The molecule has 1 nitrogen and oxygen atoms in total. The Morgan fingerprint density at radius 1 is 1.47 bits per heavy atom. The molecule has 1 rings (SSSR count). The minimum absolute atomic E-state index is 0.370. The van der Waals surface area contributed by atoms with E-state index in [0.29, 0.717) is 0 Å². The molecule has 0 saturated heterocycles. The monoisotopic (exact) mass is 222 g/mol. The van der Waals surface area contributed by atoms with Crippen molar-refractivity contribution in [3.63, 3.8) is 0 Å². The van der Waals surface area contributed by atoms with Crippen LogP contribution in [0.3, 0.4) is 0 Å². The number of aliphatic hydroxyl groups excluding tert-OH is 1. The summed E-state index contributed by atoms with van der Waals surface area (Å²) in [5, 5.41) is 10.0. The maximum Gasteiger partial charge on any atom is 0.0803 e. The normalized spacial score (nSPS) is 12.5. The van der Waals surface area contributed by atoms with Crippen molar-refractivity contribution in [2.24, 2.45) is 0 Å². The molecule has 1 aromatic rings. The van der Waals surface area contributed by atoms with Gasteiger partial charge in [-0.3, -0.25) is 0 Å². The first-order chi connectivity index (χ1) is 7.15. The number of aliphatic hydroxyl groups is 1. The Kier molecular flexibility index (Phi) is 4.92. The number of hydrogen-bond acceptors (Lipinski definition) is 2. The van der Waals surface area contributed by atoms with Crippen LogP contribution in [-0.4, -0.2) is 11.4 Å². The summed E-state index contributed by atoms with van der Waals surface area (Å²) in [5.41, 5.74) is 2.15. The van der Waals surface area contributed by atoms with Gasteiger partial charge in [0.15, 0.2) is 0 Å². The highest BCUT2D eigenvalue weighted by Gasteiger charge is 2.10. The Bertz CT molecular complexity index is 333. The molecule has 0 bridgehead atoms. The van der Waals surface area contributed by atoms with E-state index in [1.165, 1.54) is 0 Å². The van der Waals surface area contributed by atoms with Crippen molar-refractivity contribution in [1.29, 1.82) is 0 Å². The minimum atomic E-state index is -0.370. The van der Waals surface area contributed by atoms with Crippen LogP contribution in [0.1, 0.15) is 31.4 Å². The molecule has 0 heterocycles. The van der Waals surface area contributed by atoms with Gasteiger partial charge in [0.2, 0.25) is 0 Å². The third-order valence-corrected chi connectivity index (χ3v) is 3.15. The third-order valence-electron chi connectivity index (χ3n) is 2.34. The van der Waals surface area contributed by atoms with E-state index in [2.05, 4.69) is 6.58 Å². The molecule has 1 atom stereocenters. The summed E-state index contributed by atoms with van der Waals surface area (Å²) in [4.78, 5) is 1.16. The lowest BCUT2D eigenvalue weighted by Crippen LogP contribution is -1.99. The van der Waals surface area contributed by atoms with Crippen molar-refractivity contribution in [2.75, 3.05) is 6.26 Å². The van der Waals surface area contributed by atoms with Crippen LogP contribution in [0.15, 0.2) is 41.3 Å². The van der Waals surface area contributed by atoms with Gasteiger partial charge in [0, 0.05) is 4.90 Å². The summed E-state index contributed by atoms with van der Waals surface area (Å²) in [5.74, 6) is 0. The first kappa shape index (κ1) is 12.3. The van der Waals surface area contributed by atoms with Crippen molar-refractivity contribution in [3.05, 3.63) is 42.0 Å². The average molecular weight is 222 g/mol. The highest BCUT2D eigenvalue weighted by Crippen LogP contribution is 2.28. The number of benzene rings is 1. The summed E-state index contributed by atoms with van der Waals surface area (Å²) in [7, 11) is 0. The van der Waals surface area contributed by atoms with E-state index in [1.54, 1.807) is 11.8 Å². The molecule has 0 radical (unpaired) electrons. The van der Waals surface area contributed by atoms with Gasteiger partial charge in [0.1, 0.15) is 0 Å². The molecule has 1 aromatic carbocycles. The van der Waals surface area contributed by atoms with Crippen molar-refractivity contribution in [1.82, 2.24) is 0 Å². The van der Waals surface area contributed by atoms with Gasteiger partial charge in [-0.15, -0.1) is 18.3 Å². The zero-order valence-corrected chi connectivity index (χ0v) is 10.2. The Labute approximate surface area is 96.2 Å².